The van der Waals surface area contributed by atoms with Gasteiger partial charge in [-0.1, -0.05) is 92.0 Å². The topological polar surface area (TPSA) is 311 Å². The van der Waals surface area contributed by atoms with Gasteiger partial charge in [0, 0.05) is 44.6 Å². The Morgan fingerprint density at radius 3 is 1.99 bits per heavy atom. The second-order valence-electron chi connectivity index (χ2n) is 18.0. The molecule has 68 heavy (non-hydrogen) atoms. The fourth-order valence-corrected chi connectivity index (χ4v) is 8.06. The summed E-state index contributed by atoms with van der Waals surface area (Å²) in [6, 6.07) is -1.12. The summed E-state index contributed by atoms with van der Waals surface area (Å²) in [5.41, 5.74) is 5.99. The van der Waals surface area contributed by atoms with Crippen molar-refractivity contribution < 1.29 is 84.0 Å². The first kappa shape index (κ1) is 58.8. The number of carbonyl (C=O) groups excluding carboxylic acids is 2. The Labute approximate surface area is 398 Å². The second kappa shape index (κ2) is 31.0. The highest BCUT2D eigenvalue weighted by Crippen LogP contribution is 2.38. The number of nitrogens with one attached hydrogen (secondary N) is 1. The van der Waals surface area contributed by atoms with Crippen molar-refractivity contribution in [2.24, 2.45) is 17.6 Å². The van der Waals surface area contributed by atoms with Crippen LogP contribution in [0.3, 0.4) is 0 Å². The average Bonchev–Trinajstić information content (AvgIpc) is 3.26. The molecule has 0 aromatic rings. The van der Waals surface area contributed by atoms with Crippen LogP contribution < -0.4 is 11.1 Å². The van der Waals surface area contributed by atoms with E-state index < -0.39 is 142 Å². The maximum Gasteiger partial charge on any atom is 0.308 e. The lowest BCUT2D eigenvalue weighted by atomic mass is 9.82. The van der Waals surface area contributed by atoms with Gasteiger partial charge in [-0.3, -0.25) is 14.0 Å². The van der Waals surface area contributed by atoms with E-state index in [1.165, 1.54) is 0 Å². The van der Waals surface area contributed by atoms with Gasteiger partial charge < -0.3 is 81.1 Å². The highest BCUT2D eigenvalue weighted by atomic mass is 19.1. The number of rotatable bonds is 7. The van der Waals surface area contributed by atoms with Gasteiger partial charge in [0.2, 0.25) is 5.91 Å². The smallest absolute Gasteiger partial charge is 0.308 e. The molecule has 2 fully saturated rings. The molecule has 3 aliphatic heterocycles. The number of halogens is 1. The van der Waals surface area contributed by atoms with Crippen LogP contribution in [-0.2, 0) is 28.5 Å². The Bertz CT molecular complexity index is 1690. The van der Waals surface area contributed by atoms with E-state index in [4.69, 9.17) is 24.7 Å². The lowest BCUT2D eigenvalue weighted by molar-refractivity contribution is -0.304. The molecule has 0 aromatic heterocycles. The molecule has 2 bridgehead atoms. The standard InChI is InChI=1S/C49H77FN2O16/c1-31-17-13-11-9-7-5-3-4-6-8-10-12-14-18-36(67-48-46(62)45(51)41(60)30-65-48)27-42-44(47(63)52-22-16-15-21-50)40(59)29-49(64,68-42)28-35(55)25-39(58)37(56)20-19-33(53)24-34(54)26-43(61)66-32(2)23-38(31)57/h3-14,17-18,31-42,44-46,48,53-60,62,64H,15-16,19-30,51H2,1-2H3,(H,52,63)/b4-3+,7-5+,8-6+,11-9+,12-10+,17-13+,18-14+/t31-,32-,33?,34?,35?,36-,37?,38-,39?,40-,41+,42-,44+,45-,46-,48-,49+/m0/s1. The number of amides is 1. The number of hydrogen-bond donors (Lipinski definition) is 12. The highest BCUT2D eigenvalue weighted by molar-refractivity contribution is 5.80. The number of aliphatic hydroxyl groups is 10. The normalized spacial score (nSPS) is 41.8. The zero-order valence-corrected chi connectivity index (χ0v) is 39.1. The lowest BCUT2D eigenvalue weighted by Crippen LogP contribution is -2.59. The molecule has 0 saturated carbocycles. The summed E-state index contributed by atoms with van der Waals surface area (Å²) in [7, 11) is 0. The van der Waals surface area contributed by atoms with E-state index in [1.54, 1.807) is 73.8 Å². The van der Waals surface area contributed by atoms with Crippen molar-refractivity contribution >= 4 is 11.9 Å². The van der Waals surface area contributed by atoms with E-state index in [1.807, 2.05) is 25.2 Å². The van der Waals surface area contributed by atoms with Gasteiger partial charge in [0.05, 0.1) is 92.7 Å². The Balaban J connectivity index is 1.89. The highest BCUT2D eigenvalue weighted by Gasteiger charge is 2.50. The van der Waals surface area contributed by atoms with Crippen molar-refractivity contribution in [3.05, 3.63) is 85.1 Å². The Hall–Kier alpha value is -3.51. The van der Waals surface area contributed by atoms with Crippen molar-refractivity contribution in [3.8, 4) is 0 Å². The van der Waals surface area contributed by atoms with Crippen molar-refractivity contribution in [1.82, 2.24) is 5.32 Å². The Morgan fingerprint density at radius 1 is 0.735 bits per heavy atom. The minimum Gasteiger partial charge on any atom is -0.462 e. The predicted octanol–water partition coefficient (Wildman–Crippen LogP) is 0.859. The number of cyclic esters (lactones) is 1. The van der Waals surface area contributed by atoms with Gasteiger partial charge in [0.15, 0.2) is 12.1 Å². The van der Waals surface area contributed by atoms with Crippen LogP contribution in [0.15, 0.2) is 85.1 Å². The van der Waals surface area contributed by atoms with Gasteiger partial charge in [0.25, 0.3) is 0 Å². The number of ether oxygens (including phenoxy) is 4. The maximum absolute atomic E-state index is 13.6. The van der Waals surface area contributed by atoms with E-state index in [9.17, 15) is 65.0 Å². The third-order valence-corrected chi connectivity index (χ3v) is 11.9. The van der Waals surface area contributed by atoms with Crippen LogP contribution in [0, 0.1) is 11.8 Å². The van der Waals surface area contributed by atoms with Crippen LogP contribution in [-0.4, -0.2) is 174 Å². The van der Waals surface area contributed by atoms with E-state index in [2.05, 4.69) is 5.32 Å². The molecule has 2 saturated heterocycles. The number of alkyl halides is 1. The first-order valence-electron chi connectivity index (χ1n) is 23.6. The van der Waals surface area contributed by atoms with Gasteiger partial charge in [0.1, 0.15) is 12.2 Å². The SMILES string of the molecule is C[C@H]1C[C@H](O)[C@@H](C)/C=C/C=C/C=C/C=C/C=C/C=C/C=C/[C@H](O[C@@H]2OC[C@@H](O)[C@H](N)[C@@H]2O)C[C@@H]2O[C@](O)(CC(O)CC(O)C(O)CCC(O)CC(O)CC(=O)O1)C[C@H](O)[C@H]2C(=O)NCCCCF. The van der Waals surface area contributed by atoms with Crippen molar-refractivity contribution in [1.29, 1.82) is 0 Å². The number of aliphatic hydroxyl groups excluding tert-OH is 9. The third kappa shape index (κ3) is 21.6. The number of fused-ring (bicyclic) bond motifs is 2. The molecule has 0 spiro atoms. The first-order valence-corrected chi connectivity index (χ1v) is 23.6. The van der Waals surface area contributed by atoms with Gasteiger partial charge in [-0.2, -0.15) is 0 Å². The summed E-state index contributed by atoms with van der Waals surface area (Å²) in [5, 5.41) is 111. The van der Waals surface area contributed by atoms with E-state index in [-0.39, 0.29) is 57.6 Å². The third-order valence-electron chi connectivity index (χ3n) is 11.9. The summed E-state index contributed by atoms with van der Waals surface area (Å²) in [4.78, 5) is 26.1. The largest absolute Gasteiger partial charge is 0.462 e. The Morgan fingerprint density at radius 2 is 1.35 bits per heavy atom. The van der Waals surface area contributed by atoms with Gasteiger partial charge in [-0.15, -0.1) is 0 Å². The number of allylic oxidation sites excluding steroid dienone is 12. The second-order valence-corrected chi connectivity index (χ2v) is 18.0. The number of unbranched alkanes of at least 4 members (excludes halogenated alkanes) is 1. The average molecular weight is 969 g/mol. The molecule has 3 rings (SSSR count). The summed E-state index contributed by atoms with van der Waals surface area (Å²) in [6.45, 7) is 2.67. The van der Waals surface area contributed by atoms with E-state index in [0.29, 0.717) is 6.42 Å². The van der Waals surface area contributed by atoms with Crippen LogP contribution in [0.25, 0.3) is 0 Å². The van der Waals surface area contributed by atoms with E-state index in [0.717, 1.165) is 0 Å². The number of carbonyl (C=O) groups is 2. The molecule has 0 radical (unpaired) electrons. The zero-order chi connectivity index (χ0) is 50.2. The number of esters is 1. The fourth-order valence-electron chi connectivity index (χ4n) is 8.06. The van der Waals surface area contributed by atoms with Crippen LogP contribution in [0.2, 0.25) is 0 Å². The lowest BCUT2D eigenvalue weighted by Gasteiger charge is -2.45. The molecule has 18 nitrogen and oxygen atoms in total. The Kier molecular flexibility index (Phi) is 26.8. The fraction of sp³-hybridized carbons (Fsp3) is 0.673. The van der Waals surface area contributed by atoms with Gasteiger partial charge >= 0.3 is 5.97 Å². The molecule has 3 aliphatic rings. The number of hydrogen-bond acceptors (Lipinski definition) is 17. The summed E-state index contributed by atoms with van der Waals surface area (Å²) in [5.74, 6) is -5.26. The molecule has 3 heterocycles. The van der Waals surface area contributed by atoms with Gasteiger partial charge in [-0.05, 0) is 39.0 Å². The molecule has 1 amide bonds. The minimum absolute atomic E-state index is 0.0832. The van der Waals surface area contributed by atoms with Crippen LogP contribution >= 0.6 is 0 Å². The molecule has 0 aromatic carbocycles. The molecular weight excluding hydrogens is 892 g/mol. The van der Waals surface area contributed by atoms with Crippen molar-refractivity contribution in [2.45, 2.75) is 176 Å². The summed E-state index contributed by atoms with van der Waals surface area (Å²) < 4.78 is 36.0. The monoisotopic (exact) mass is 969 g/mol. The van der Waals surface area contributed by atoms with E-state index >= 15 is 0 Å². The zero-order valence-electron chi connectivity index (χ0n) is 39.1. The van der Waals surface area contributed by atoms with Crippen molar-refractivity contribution in [2.75, 3.05) is 19.8 Å². The molecule has 17 atom stereocenters. The summed E-state index contributed by atoms with van der Waals surface area (Å²) in [6.07, 6.45) is 5.82. The van der Waals surface area contributed by atoms with Gasteiger partial charge in [-0.25, -0.2) is 0 Å². The molecule has 5 unspecified atom stereocenters. The minimum atomic E-state index is -2.29. The molecule has 386 valence electrons. The molecule has 0 aliphatic carbocycles. The molecule has 13 N–H and O–H groups in total. The van der Waals surface area contributed by atoms with Crippen LogP contribution in [0.4, 0.5) is 4.39 Å². The summed E-state index contributed by atoms with van der Waals surface area (Å²) >= 11 is 0. The van der Waals surface area contributed by atoms with Crippen molar-refractivity contribution in [3.63, 3.8) is 0 Å². The maximum atomic E-state index is 13.6. The predicted molar refractivity (Wildman–Crippen MR) is 248 cm³/mol. The number of nitrogens with two attached hydrogens (primary N) is 1. The molecular formula is C49H77FN2O16. The first-order chi connectivity index (χ1) is 32.3. The van der Waals surface area contributed by atoms with Crippen LogP contribution in [0.5, 0.6) is 0 Å². The van der Waals surface area contributed by atoms with Crippen LogP contribution in [0.1, 0.15) is 84.5 Å². The molecule has 19 heteroatoms. The quantitative estimate of drug-likeness (QED) is 0.124.